The molecule has 0 atom stereocenters. The van der Waals surface area contributed by atoms with E-state index in [1.54, 1.807) is 0 Å². The molecule has 270 valence electrons. The Morgan fingerprint density at radius 3 is 1.55 bits per heavy atom. The van der Waals surface area contributed by atoms with Crippen LogP contribution in [-0.2, 0) is 0 Å². The molecule has 0 amide bonds. The highest BCUT2D eigenvalue weighted by molar-refractivity contribution is 6.22. The van der Waals surface area contributed by atoms with Gasteiger partial charge in [-0.3, -0.25) is 0 Å². The van der Waals surface area contributed by atoms with E-state index in [1.807, 2.05) is 84.9 Å². The number of rotatable bonds is 6. The van der Waals surface area contributed by atoms with Crippen LogP contribution >= 0.6 is 0 Å². The Kier molecular flexibility index (Phi) is 7.76. The molecule has 0 saturated carbocycles. The van der Waals surface area contributed by atoms with Gasteiger partial charge in [-0.25, -0.2) is 15.0 Å². The molecule has 0 fully saturated rings. The second-order valence-corrected chi connectivity index (χ2v) is 14.3. The normalized spacial score (nSPS) is 11.4. The van der Waals surface area contributed by atoms with Crippen LogP contribution in [0.15, 0.2) is 194 Å². The van der Waals surface area contributed by atoms with Crippen LogP contribution in [0, 0.1) is 11.3 Å². The first-order chi connectivity index (χ1) is 28.7. The van der Waals surface area contributed by atoms with Crippen LogP contribution < -0.4 is 0 Å². The lowest BCUT2D eigenvalue weighted by atomic mass is 9.95. The molecule has 3 aromatic heterocycles. The summed E-state index contributed by atoms with van der Waals surface area (Å²) in [7, 11) is 0. The Morgan fingerprint density at radius 1 is 0.379 bits per heavy atom. The molecule has 3 heterocycles. The van der Waals surface area contributed by atoms with Gasteiger partial charge in [0, 0.05) is 43.9 Å². The zero-order valence-electron chi connectivity index (χ0n) is 31.2. The van der Waals surface area contributed by atoms with E-state index in [0.717, 1.165) is 82.8 Å². The van der Waals surface area contributed by atoms with Gasteiger partial charge in [-0.1, -0.05) is 133 Å². The van der Waals surface area contributed by atoms with Gasteiger partial charge >= 0.3 is 0 Å². The van der Waals surface area contributed by atoms with E-state index in [2.05, 4.69) is 124 Å². The van der Waals surface area contributed by atoms with Gasteiger partial charge in [0.1, 0.15) is 0 Å². The molecule has 0 spiro atoms. The molecule has 11 aromatic rings. The number of hydrogen-bond donors (Lipinski definition) is 0. The van der Waals surface area contributed by atoms with Gasteiger partial charge in [-0.15, -0.1) is 0 Å². The van der Waals surface area contributed by atoms with E-state index in [9.17, 15) is 5.26 Å². The Morgan fingerprint density at radius 2 is 0.879 bits per heavy atom. The Bertz CT molecular complexity index is 3340. The largest absolute Gasteiger partial charge is 0.309 e. The molecule has 58 heavy (non-hydrogen) atoms. The van der Waals surface area contributed by atoms with Gasteiger partial charge in [0.15, 0.2) is 17.5 Å². The Labute approximate surface area is 334 Å². The van der Waals surface area contributed by atoms with Crippen LogP contribution in [0.3, 0.4) is 0 Å². The topological polar surface area (TPSA) is 72.3 Å². The summed E-state index contributed by atoms with van der Waals surface area (Å²) >= 11 is 0. The third-order valence-corrected chi connectivity index (χ3v) is 11.0. The van der Waals surface area contributed by atoms with E-state index >= 15 is 0 Å². The molecule has 0 radical (unpaired) electrons. The Hall–Kier alpha value is -8.14. The van der Waals surface area contributed by atoms with E-state index in [0.29, 0.717) is 23.0 Å². The fourth-order valence-electron chi connectivity index (χ4n) is 8.51. The second-order valence-electron chi connectivity index (χ2n) is 14.3. The van der Waals surface area contributed by atoms with Gasteiger partial charge in [0.25, 0.3) is 0 Å². The number of para-hydroxylation sites is 3. The van der Waals surface area contributed by atoms with E-state index in [-0.39, 0.29) is 0 Å². The highest BCUT2D eigenvalue weighted by Crippen LogP contribution is 2.45. The maximum atomic E-state index is 10.0. The summed E-state index contributed by atoms with van der Waals surface area (Å²) in [4.78, 5) is 15.2. The van der Waals surface area contributed by atoms with Crippen LogP contribution in [0.4, 0.5) is 0 Å². The van der Waals surface area contributed by atoms with E-state index in [1.165, 1.54) is 0 Å². The van der Waals surface area contributed by atoms with Crippen molar-refractivity contribution in [1.82, 2.24) is 24.1 Å². The average molecular weight is 741 g/mol. The lowest BCUT2D eigenvalue weighted by Crippen LogP contribution is -2.03. The highest BCUT2D eigenvalue weighted by atomic mass is 15.1. The maximum absolute atomic E-state index is 10.0. The molecule has 8 aromatic carbocycles. The number of aromatic nitrogens is 5. The van der Waals surface area contributed by atoms with Crippen LogP contribution in [-0.4, -0.2) is 24.1 Å². The monoisotopic (exact) mass is 740 g/mol. The number of nitrogens with zero attached hydrogens (tertiary/aromatic N) is 6. The summed E-state index contributed by atoms with van der Waals surface area (Å²) in [5.74, 6) is 1.83. The molecular formula is C52H32N6. The van der Waals surface area contributed by atoms with Crippen molar-refractivity contribution in [2.75, 3.05) is 0 Å². The third-order valence-electron chi connectivity index (χ3n) is 11.0. The zero-order valence-corrected chi connectivity index (χ0v) is 31.2. The fraction of sp³-hybridized carbons (Fsp3) is 0. The van der Waals surface area contributed by atoms with Gasteiger partial charge in [0.05, 0.1) is 39.4 Å². The lowest BCUT2D eigenvalue weighted by molar-refractivity contribution is 1.06. The number of hydrogen-bond acceptors (Lipinski definition) is 4. The van der Waals surface area contributed by atoms with Crippen LogP contribution in [0.5, 0.6) is 0 Å². The molecule has 0 aliphatic heterocycles. The minimum Gasteiger partial charge on any atom is -0.309 e. The molecule has 0 bridgehead atoms. The molecular weight excluding hydrogens is 709 g/mol. The predicted molar refractivity (Wildman–Crippen MR) is 235 cm³/mol. The fourth-order valence-corrected chi connectivity index (χ4v) is 8.51. The van der Waals surface area contributed by atoms with Crippen molar-refractivity contribution >= 4 is 43.6 Å². The third kappa shape index (κ3) is 5.30. The van der Waals surface area contributed by atoms with Crippen molar-refractivity contribution in [3.8, 4) is 62.7 Å². The number of fused-ring (bicyclic) bond motifs is 6. The summed E-state index contributed by atoms with van der Waals surface area (Å²) in [5, 5.41) is 14.5. The van der Waals surface area contributed by atoms with Crippen molar-refractivity contribution < 1.29 is 0 Å². The molecule has 0 N–H and O–H groups in total. The Balaban J connectivity index is 1.19. The smallest absolute Gasteiger partial charge is 0.166 e. The van der Waals surface area contributed by atoms with Crippen molar-refractivity contribution in [2.45, 2.75) is 0 Å². The van der Waals surface area contributed by atoms with Crippen LogP contribution in [0.25, 0.3) is 100 Å². The summed E-state index contributed by atoms with van der Waals surface area (Å²) in [5.41, 5.74) is 11.9. The lowest BCUT2D eigenvalue weighted by Gasteiger charge is -2.15. The minimum atomic E-state index is 0.595. The average Bonchev–Trinajstić information content (AvgIpc) is 3.82. The summed E-state index contributed by atoms with van der Waals surface area (Å²) in [6.07, 6.45) is 0. The molecule has 6 heteroatoms. The molecule has 0 aliphatic carbocycles. The van der Waals surface area contributed by atoms with E-state index in [4.69, 9.17) is 15.0 Å². The van der Waals surface area contributed by atoms with Crippen LogP contribution in [0.2, 0.25) is 0 Å². The SMILES string of the molecule is N#Cc1ccc2c(c1)c1c(-c3cccc4c3c3ccccc3n4-c3ccccc3-c3nc(-c4ccccc4)nc(-c4ccccc4)n3)cccc1n2-c1ccccc1. The van der Waals surface area contributed by atoms with Crippen molar-refractivity contribution in [3.05, 3.63) is 200 Å². The summed E-state index contributed by atoms with van der Waals surface area (Å²) < 4.78 is 4.65. The second kappa shape index (κ2) is 13.6. The molecule has 0 saturated heterocycles. The first kappa shape index (κ1) is 33.2. The highest BCUT2D eigenvalue weighted by Gasteiger charge is 2.23. The molecule has 6 nitrogen and oxygen atoms in total. The first-order valence-electron chi connectivity index (χ1n) is 19.3. The van der Waals surface area contributed by atoms with Gasteiger partial charge in [-0.05, 0) is 71.8 Å². The quantitative estimate of drug-likeness (QED) is 0.170. The van der Waals surface area contributed by atoms with E-state index < -0.39 is 0 Å². The van der Waals surface area contributed by atoms with Crippen LogP contribution in [0.1, 0.15) is 5.56 Å². The first-order valence-corrected chi connectivity index (χ1v) is 19.3. The van der Waals surface area contributed by atoms with Crippen molar-refractivity contribution in [3.63, 3.8) is 0 Å². The van der Waals surface area contributed by atoms with Gasteiger partial charge < -0.3 is 9.13 Å². The molecule has 11 rings (SSSR count). The zero-order chi connectivity index (χ0) is 38.6. The number of nitriles is 1. The molecule has 0 aliphatic rings. The van der Waals surface area contributed by atoms with Gasteiger partial charge in [-0.2, -0.15) is 5.26 Å². The van der Waals surface area contributed by atoms with Crippen molar-refractivity contribution in [1.29, 1.82) is 5.26 Å². The predicted octanol–water partition coefficient (Wildman–Crippen LogP) is 12.6. The summed E-state index contributed by atoms with van der Waals surface area (Å²) in [6, 6.07) is 69.1. The molecule has 0 unspecified atom stereocenters. The maximum Gasteiger partial charge on any atom is 0.166 e. The standard InChI is InChI=1S/C52H32N6/c53-33-34-30-31-45-42(32-34)49-39(25-14-28-46(49)57(45)37-20-8-3-9-21-37)38-24-15-29-47-48(38)40-22-10-12-26-43(40)58(47)44-27-13-11-23-41(44)52-55-50(35-16-4-1-5-17-35)54-51(56-52)36-18-6-2-7-19-36/h1-32H. The van der Waals surface area contributed by atoms with Crippen molar-refractivity contribution in [2.24, 2.45) is 0 Å². The minimum absolute atomic E-state index is 0.595. The van der Waals surface area contributed by atoms with Gasteiger partial charge in [0.2, 0.25) is 0 Å². The summed E-state index contributed by atoms with van der Waals surface area (Å²) in [6.45, 7) is 0. The number of benzene rings is 8.